The molecule has 7 heteroatoms. The molecule has 0 saturated carbocycles. The van der Waals surface area contributed by atoms with E-state index in [1.54, 1.807) is 0 Å². The molecule has 142 valence electrons. The van der Waals surface area contributed by atoms with Gasteiger partial charge in [-0.05, 0) is 24.5 Å². The fourth-order valence-electron chi connectivity index (χ4n) is 2.99. The first kappa shape index (κ1) is 20.4. The van der Waals surface area contributed by atoms with Gasteiger partial charge in [-0.25, -0.2) is 0 Å². The number of nitrogens with zero attached hydrogens (tertiary/aromatic N) is 3. The lowest BCUT2D eigenvalue weighted by molar-refractivity contribution is 0.0709. The molecule has 1 aliphatic heterocycles. The molecule has 1 atom stereocenters. The van der Waals surface area contributed by atoms with Crippen LogP contribution in [0, 0.1) is 5.41 Å². The topological polar surface area (TPSA) is 71.3 Å². The van der Waals surface area contributed by atoms with Crippen molar-refractivity contribution in [3.63, 3.8) is 0 Å². The van der Waals surface area contributed by atoms with Crippen LogP contribution in [0.4, 0.5) is 0 Å². The standard InChI is InChI=1S/C19H26N4O2.ClH/c1-13-12-23(9-8-20-13)18(24)15-7-5-6-14(10-15)17-21-16(25-22-17)11-19(2,3)4;/h5-7,10,13,20H,8-9,11-12H2,1-4H3;1H. The molecule has 1 amide bonds. The number of carbonyl (C=O) groups is 1. The average molecular weight is 379 g/mol. The van der Waals surface area contributed by atoms with Crippen molar-refractivity contribution in [2.24, 2.45) is 5.41 Å². The lowest BCUT2D eigenvalue weighted by atomic mass is 9.92. The molecule has 1 N–H and O–H groups in total. The molecule has 0 aliphatic carbocycles. The maximum atomic E-state index is 12.8. The van der Waals surface area contributed by atoms with E-state index in [1.165, 1.54) is 0 Å². The van der Waals surface area contributed by atoms with E-state index >= 15 is 0 Å². The van der Waals surface area contributed by atoms with Gasteiger partial charge in [0.05, 0.1) is 0 Å². The van der Waals surface area contributed by atoms with E-state index in [4.69, 9.17) is 4.52 Å². The zero-order chi connectivity index (χ0) is 18.0. The van der Waals surface area contributed by atoms with Gasteiger partial charge in [0.2, 0.25) is 11.7 Å². The van der Waals surface area contributed by atoms with Crippen molar-refractivity contribution >= 4 is 18.3 Å². The maximum Gasteiger partial charge on any atom is 0.253 e. The van der Waals surface area contributed by atoms with Gasteiger partial charge in [0, 0.05) is 43.2 Å². The summed E-state index contributed by atoms with van der Waals surface area (Å²) >= 11 is 0. The van der Waals surface area contributed by atoms with Crippen molar-refractivity contribution in [2.75, 3.05) is 19.6 Å². The zero-order valence-electron chi connectivity index (χ0n) is 15.8. The van der Waals surface area contributed by atoms with Gasteiger partial charge in [-0.15, -0.1) is 12.4 Å². The normalized spacial score (nSPS) is 17.7. The van der Waals surface area contributed by atoms with Crippen LogP contribution in [0.1, 0.15) is 43.9 Å². The van der Waals surface area contributed by atoms with E-state index in [0.717, 1.165) is 31.6 Å². The summed E-state index contributed by atoms with van der Waals surface area (Å²) in [5.74, 6) is 1.20. The number of piperazine rings is 1. The number of aromatic nitrogens is 2. The van der Waals surface area contributed by atoms with Gasteiger partial charge >= 0.3 is 0 Å². The summed E-state index contributed by atoms with van der Waals surface area (Å²) in [6.45, 7) is 10.8. The van der Waals surface area contributed by atoms with Crippen LogP contribution in [0.25, 0.3) is 11.4 Å². The number of amides is 1. The number of carbonyl (C=O) groups excluding carboxylic acids is 1. The molecule has 0 bridgehead atoms. The third kappa shape index (κ3) is 5.05. The summed E-state index contributed by atoms with van der Waals surface area (Å²) < 4.78 is 5.36. The van der Waals surface area contributed by atoms with Crippen molar-refractivity contribution in [1.82, 2.24) is 20.4 Å². The molecule has 2 heterocycles. The monoisotopic (exact) mass is 378 g/mol. The summed E-state index contributed by atoms with van der Waals surface area (Å²) in [4.78, 5) is 19.1. The zero-order valence-corrected chi connectivity index (χ0v) is 16.6. The van der Waals surface area contributed by atoms with Gasteiger partial charge in [-0.2, -0.15) is 4.98 Å². The molecule has 6 nitrogen and oxygen atoms in total. The Morgan fingerprint density at radius 2 is 2.15 bits per heavy atom. The Bertz CT molecular complexity index is 754. The van der Waals surface area contributed by atoms with Crippen molar-refractivity contribution in [2.45, 2.75) is 40.2 Å². The summed E-state index contributed by atoms with van der Waals surface area (Å²) in [7, 11) is 0. The predicted molar refractivity (Wildman–Crippen MR) is 104 cm³/mol. The molecule has 26 heavy (non-hydrogen) atoms. The minimum atomic E-state index is 0. The van der Waals surface area contributed by atoms with Crippen molar-refractivity contribution in [1.29, 1.82) is 0 Å². The Labute approximate surface area is 160 Å². The van der Waals surface area contributed by atoms with E-state index in [0.29, 0.717) is 23.3 Å². The summed E-state index contributed by atoms with van der Waals surface area (Å²) in [5.41, 5.74) is 1.55. The molecule has 1 saturated heterocycles. The van der Waals surface area contributed by atoms with Crippen LogP contribution in [0.15, 0.2) is 28.8 Å². The number of benzene rings is 1. The van der Waals surface area contributed by atoms with Crippen LogP contribution in [0.3, 0.4) is 0 Å². The second-order valence-corrected chi connectivity index (χ2v) is 7.94. The van der Waals surface area contributed by atoms with Crippen LogP contribution >= 0.6 is 12.4 Å². The summed E-state index contributed by atoms with van der Waals surface area (Å²) in [5, 5.41) is 7.43. The number of hydrogen-bond donors (Lipinski definition) is 1. The van der Waals surface area contributed by atoms with Crippen LogP contribution < -0.4 is 5.32 Å². The lowest BCUT2D eigenvalue weighted by Gasteiger charge is -2.32. The third-order valence-corrected chi connectivity index (χ3v) is 4.17. The van der Waals surface area contributed by atoms with Gasteiger partial charge < -0.3 is 14.7 Å². The van der Waals surface area contributed by atoms with Crippen molar-refractivity contribution in [3.05, 3.63) is 35.7 Å². The number of rotatable bonds is 3. The fourth-order valence-corrected chi connectivity index (χ4v) is 2.99. The van der Waals surface area contributed by atoms with Gasteiger partial charge in [0.1, 0.15) is 0 Å². The van der Waals surface area contributed by atoms with Crippen LogP contribution in [0.2, 0.25) is 0 Å². The molecule has 1 aromatic heterocycles. The van der Waals surface area contributed by atoms with E-state index in [-0.39, 0.29) is 23.7 Å². The molecule has 1 fully saturated rings. The Hall–Kier alpha value is -1.92. The van der Waals surface area contributed by atoms with E-state index in [9.17, 15) is 4.79 Å². The molecule has 1 unspecified atom stereocenters. The first-order chi connectivity index (χ1) is 11.8. The lowest BCUT2D eigenvalue weighted by Crippen LogP contribution is -2.51. The largest absolute Gasteiger partial charge is 0.339 e. The van der Waals surface area contributed by atoms with Crippen LogP contribution in [-0.4, -0.2) is 46.6 Å². The summed E-state index contributed by atoms with van der Waals surface area (Å²) in [6, 6.07) is 7.78. The van der Waals surface area contributed by atoms with Gasteiger partial charge in [0.25, 0.3) is 5.91 Å². The molecule has 0 spiro atoms. The molecule has 0 radical (unpaired) electrons. The number of nitrogens with one attached hydrogen (secondary N) is 1. The average Bonchev–Trinajstić information content (AvgIpc) is 3.01. The SMILES string of the molecule is CC1CN(C(=O)c2cccc(-c3noc(CC(C)(C)C)n3)c2)CCN1.Cl. The van der Waals surface area contributed by atoms with Gasteiger partial charge in [0.15, 0.2) is 0 Å². The number of hydrogen-bond acceptors (Lipinski definition) is 5. The highest BCUT2D eigenvalue weighted by molar-refractivity contribution is 5.95. The Balaban J connectivity index is 0.00000243. The highest BCUT2D eigenvalue weighted by atomic mass is 35.5. The molecule has 2 aromatic rings. The highest BCUT2D eigenvalue weighted by Crippen LogP contribution is 2.23. The first-order valence-electron chi connectivity index (χ1n) is 8.77. The first-order valence-corrected chi connectivity index (χ1v) is 8.77. The molecular formula is C19H27ClN4O2. The maximum absolute atomic E-state index is 12.8. The predicted octanol–water partition coefficient (Wildman–Crippen LogP) is 3.18. The van der Waals surface area contributed by atoms with E-state index in [1.807, 2.05) is 29.2 Å². The number of halogens is 1. The summed E-state index contributed by atoms with van der Waals surface area (Å²) in [6.07, 6.45) is 0.720. The Kier molecular flexibility index (Phi) is 6.42. The molecule has 3 rings (SSSR count). The fraction of sp³-hybridized carbons (Fsp3) is 0.526. The Morgan fingerprint density at radius 3 is 2.85 bits per heavy atom. The van der Waals surface area contributed by atoms with Crippen LogP contribution in [-0.2, 0) is 6.42 Å². The minimum absolute atomic E-state index is 0. The van der Waals surface area contributed by atoms with Crippen LogP contribution in [0.5, 0.6) is 0 Å². The second-order valence-electron chi connectivity index (χ2n) is 7.94. The quantitative estimate of drug-likeness (QED) is 0.888. The highest BCUT2D eigenvalue weighted by Gasteiger charge is 2.22. The third-order valence-electron chi connectivity index (χ3n) is 4.17. The molecule has 1 aromatic carbocycles. The molecular weight excluding hydrogens is 352 g/mol. The smallest absolute Gasteiger partial charge is 0.253 e. The van der Waals surface area contributed by atoms with Gasteiger partial charge in [-0.1, -0.05) is 38.1 Å². The van der Waals surface area contributed by atoms with Gasteiger partial charge in [-0.3, -0.25) is 4.79 Å². The minimum Gasteiger partial charge on any atom is -0.339 e. The molecule has 1 aliphatic rings. The van der Waals surface area contributed by atoms with E-state index in [2.05, 4.69) is 43.2 Å². The second kappa shape index (κ2) is 8.18. The Morgan fingerprint density at radius 1 is 1.38 bits per heavy atom. The van der Waals surface area contributed by atoms with E-state index < -0.39 is 0 Å². The van der Waals surface area contributed by atoms with Crippen molar-refractivity contribution < 1.29 is 9.32 Å². The van der Waals surface area contributed by atoms with Crippen molar-refractivity contribution in [3.8, 4) is 11.4 Å².